The van der Waals surface area contributed by atoms with Gasteiger partial charge < -0.3 is 15.4 Å². The van der Waals surface area contributed by atoms with Crippen molar-refractivity contribution in [3.63, 3.8) is 0 Å². The number of hydrogen-bond acceptors (Lipinski definition) is 5. The van der Waals surface area contributed by atoms with Crippen molar-refractivity contribution in [2.75, 3.05) is 18.2 Å². The Bertz CT molecular complexity index is 874. The van der Waals surface area contributed by atoms with Gasteiger partial charge in [-0.2, -0.15) is 0 Å². The molecule has 0 aliphatic carbocycles. The molecule has 6 nitrogen and oxygen atoms in total. The number of amidine groups is 1. The molecule has 1 heterocycles. The van der Waals surface area contributed by atoms with Crippen LogP contribution in [-0.2, 0) is 9.59 Å². The highest BCUT2D eigenvalue weighted by atomic mass is 79.9. The Morgan fingerprint density at radius 2 is 2.11 bits per heavy atom. The van der Waals surface area contributed by atoms with E-state index in [2.05, 4.69) is 31.6 Å². The summed E-state index contributed by atoms with van der Waals surface area (Å²) in [6.07, 6.45) is 0.306. The second-order valence-corrected chi connectivity index (χ2v) is 7.62. The molecule has 2 amide bonds. The monoisotopic (exact) mass is 447 g/mol. The van der Waals surface area contributed by atoms with Gasteiger partial charge in [-0.25, -0.2) is 0 Å². The fraction of sp³-hybridized carbons (Fsp3) is 0.211. The van der Waals surface area contributed by atoms with Crippen molar-refractivity contribution in [3.8, 4) is 5.75 Å². The summed E-state index contributed by atoms with van der Waals surface area (Å²) >= 11 is 4.59. The average molecular weight is 448 g/mol. The first-order valence-electron chi connectivity index (χ1n) is 8.24. The third kappa shape index (κ3) is 5.33. The number of aliphatic imine (C=N–C) groups is 1. The molecule has 2 aromatic carbocycles. The van der Waals surface area contributed by atoms with Crippen molar-refractivity contribution in [3.05, 3.63) is 58.6 Å². The van der Waals surface area contributed by atoms with Crippen LogP contribution in [-0.4, -0.2) is 29.8 Å². The van der Waals surface area contributed by atoms with Gasteiger partial charge in [0.1, 0.15) is 5.75 Å². The molecule has 2 N–H and O–H groups in total. The van der Waals surface area contributed by atoms with Crippen LogP contribution in [0.25, 0.3) is 0 Å². The smallest absolute Gasteiger partial charge is 0.234 e. The molecular formula is C19H18BrN3O3S. The van der Waals surface area contributed by atoms with Gasteiger partial charge in [0.25, 0.3) is 0 Å². The molecule has 8 heteroatoms. The first-order valence-corrected chi connectivity index (χ1v) is 10.0. The van der Waals surface area contributed by atoms with Crippen LogP contribution < -0.4 is 15.4 Å². The number of carbonyl (C=O) groups excluding carboxylic acids is 2. The molecule has 1 aliphatic rings. The number of hydrogen-bond donors (Lipinski definition) is 2. The number of benzene rings is 2. The normalized spacial score (nSPS) is 16.3. The molecule has 1 aliphatic heterocycles. The third-order valence-electron chi connectivity index (χ3n) is 3.86. The van der Waals surface area contributed by atoms with Crippen LogP contribution in [0.15, 0.2) is 58.0 Å². The summed E-state index contributed by atoms with van der Waals surface area (Å²) in [6, 6.07) is 14.7. The number of nitrogens with one attached hydrogen (secondary N) is 2. The SMILES string of the molecule is COc1ccc(NC(=O)CSC2=NC(c3ccccc3)CC(=O)N2)cc1Br. The van der Waals surface area contributed by atoms with Gasteiger partial charge in [0, 0.05) is 5.69 Å². The number of thioether (sulfide) groups is 1. The van der Waals surface area contributed by atoms with Gasteiger partial charge in [0.15, 0.2) is 5.17 Å². The minimum Gasteiger partial charge on any atom is -0.496 e. The highest BCUT2D eigenvalue weighted by Gasteiger charge is 2.23. The Morgan fingerprint density at radius 1 is 1.33 bits per heavy atom. The summed E-state index contributed by atoms with van der Waals surface area (Å²) in [5.74, 6) is 0.551. The maximum atomic E-state index is 12.2. The fourth-order valence-electron chi connectivity index (χ4n) is 2.58. The predicted molar refractivity (Wildman–Crippen MR) is 111 cm³/mol. The lowest BCUT2D eigenvalue weighted by Gasteiger charge is -2.20. The van der Waals surface area contributed by atoms with Crippen LogP contribution in [0.3, 0.4) is 0 Å². The maximum Gasteiger partial charge on any atom is 0.234 e. The van der Waals surface area contributed by atoms with Crippen molar-refractivity contribution in [1.29, 1.82) is 0 Å². The summed E-state index contributed by atoms with van der Waals surface area (Å²) in [5, 5.41) is 6.01. The van der Waals surface area contributed by atoms with Gasteiger partial charge in [0.2, 0.25) is 11.8 Å². The van der Waals surface area contributed by atoms with E-state index >= 15 is 0 Å². The number of carbonyl (C=O) groups is 2. The number of nitrogens with zero attached hydrogens (tertiary/aromatic N) is 1. The molecule has 3 rings (SSSR count). The van der Waals surface area contributed by atoms with E-state index in [9.17, 15) is 9.59 Å². The third-order valence-corrected chi connectivity index (χ3v) is 5.37. The Labute approximate surface area is 169 Å². The zero-order chi connectivity index (χ0) is 19.2. The Hall–Kier alpha value is -2.32. The van der Waals surface area contributed by atoms with Crippen LogP contribution in [0.4, 0.5) is 5.69 Å². The van der Waals surface area contributed by atoms with Gasteiger partial charge in [-0.15, -0.1) is 0 Å². The molecule has 2 aromatic rings. The summed E-state index contributed by atoms with van der Waals surface area (Å²) in [7, 11) is 1.58. The first-order chi connectivity index (χ1) is 13.0. The molecular weight excluding hydrogens is 430 g/mol. The maximum absolute atomic E-state index is 12.2. The topological polar surface area (TPSA) is 79.8 Å². The first kappa shape index (κ1) is 19.4. The van der Waals surface area contributed by atoms with E-state index < -0.39 is 0 Å². The molecule has 0 radical (unpaired) electrons. The van der Waals surface area contributed by atoms with Crippen molar-refractivity contribution >= 4 is 50.4 Å². The minimum absolute atomic E-state index is 0.0964. The quantitative estimate of drug-likeness (QED) is 0.731. The van der Waals surface area contributed by atoms with Crippen molar-refractivity contribution < 1.29 is 14.3 Å². The van der Waals surface area contributed by atoms with Gasteiger partial charge in [-0.05, 0) is 39.7 Å². The number of amides is 2. The standard InChI is InChI=1S/C19H18BrN3O3S/c1-26-16-8-7-13(9-14(16)20)21-18(25)11-27-19-22-15(10-17(24)23-19)12-5-3-2-4-6-12/h2-9,15H,10-11H2,1H3,(H,21,25)(H,22,23,24). The van der Waals surface area contributed by atoms with Crippen LogP contribution >= 0.6 is 27.7 Å². The van der Waals surface area contributed by atoms with Gasteiger partial charge >= 0.3 is 0 Å². The molecule has 1 atom stereocenters. The second-order valence-electron chi connectivity index (χ2n) is 5.80. The number of ether oxygens (including phenoxy) is 1. The van der Waals surface area contributed by atoms with E-state index in [1.165, 1.54) is 11.8 Å². The fourth-order valence-corrected chi connectivity index (χ4v) is 3.85. The van der Waals surface area contributed by atoms with Gasteiger partial charge in [-0.1, -0.05) is 42.1 Å². The van der Waals surface area contributed by atoms with Crippen molar-refractivity contribution in [1.82, 2.24) is 5.32 Å². The second kappa shape index (κ2) is 9.05. The van der Waals surface area contributed by atoms with Crippen molar-refractivity contribution in [2.45, 2.75) is 12.5 Å². The lowest BCUT2D eigenvalue weighted by Crippen LogP contribution is -2.35. The predicted octanol–water partition coefficient (Wildman–Crippen LogP) is 3.75. The Morgan fingerprint density at radius 3 is 2.81 bits per heavy atom. The zero-order valence-electron chi connectivity index (χ0n) is 14.6. The molecule has 0 aromatic heterocycles. The molecule has 0 saturated carbocycles. The lowest BCUT2D eigenvalue weighted by atomic mass is 10.0. The molecule has 0 spiro atoms. The largest absolute Gasteiger partial charge is 0.496 e. The van der Waals surface area contributed by atoms with Gasteiger partial charge in [-0.3, -0.25) is 14.6 Å². The summed E-state index contributed by atoms with van der Waals surface area (Å²) < 4.78 is 5.92. The average Bonchev–Trinajstić information content (AvgIpc) is 2.67. The summed E-state index contributed by atoms with van der Waals surface area (Å²) in [6.45, 7) is 0. The summed E-state index contributed by atoms with van der Waals surface area (Å²) in [5.41, 5.74) is 1.64. The highest BCUT2D eigenvalue weighted by molar-refractivity contribution is 9.10. The number of rotatable bonds is 5. The Balaban J connectivity index is 1.60. The zero-order valence-corrected chi connectivity index (χ0v) is 17.0. The van der Waals surface area contributed by atoms with E-state index in [0.29, 0.717) is 23.0 Å². The Kier molecular flexibility index (Phi) is 6.52. The van der Waals surface area contributed by atoms with E-state index in [1.54, 1.807) is 25.3 Å². The van der Waals surface area contributed by atoms with Gasteiger partial charge in [0.05, 0.1) is 29.8 Å². The molecule has 140 valence electrons. The molecule has 27 heavy (non-hydrogen) atoms. The van der Waals surface area contributed by atoms with Crippen LogP contribution in [0, 0.1) is 0 Å². The van der Waals surface area contributed by atoms with E-state index in [0.717, 1.165) is 10.0 Å². The van der Waals surface area contributed by atoms with Crippen LogP contribution in [0.5, 0.6) is 5.75 Å². The highest BCUT2D eigenvalue weighted by Crippen LogP contribution is 2.28. The minimum atomic E-state index is -0.219. The van der Waals surface area contributed by atoms with Crippen LogP contribution in [0.2, 0.25) is 0 Å². The van der Waals surface area contributed by atoms with E-state index in [-0.39, 0.29) is 23.6 Å². The molecule has 0 fully saturated rings. The van der Waals surface area contributed by atoms with Crippen LogP contribution in [0.1, 0.15) is 18.0 Å². The number of halogens is 1. The van der Waals surface area contributed by atoms with E-state index in [4.69, 9.17) is 4.74 Å². The lowest BCUT2D eigenvalue weighted by molar-refractivity contribution is -0.120. The molecule has 0 bridgehead atoms. The number of methoxy groups -OCH3 is 1. The summed E-state index contributed by atoms with van der Waals surface area (Å²) in [4.78, 5) is 28.7. The molecule has 1 unspecified atom stereocenters. The number of anilines is 1. The van der Waals surface area contributed by atoms with Crippen molar-refractivity contribution in [2.24, 2.45) is 4.99 Å². The molecule has 0 saturated heterocycles. The van der Waals surface area contributed by atoms with E-state index in [1.807, 2.05) is 30.3 Å².